The fraction of sp³-hybridized carbons (Fsp3) is 0.480. The number of phenols is 1. The molecule has 3 saturated heterocycles. The van der Waals surface area contributed by atoms with E-state index in [1.165, 1.54) is 50.5 Å². The molecule has 5 rings (SSSR count). The summed E-state index contributed by atoms with van der Waals surface area (Å²) in [6.07, 6.45) is 0. The Labute approximate surface area is 258 Å². The first-order valence-corrected chi connectivity index (χ1v) is 15.5. The second-order valence-electron chi connectivity index (χ2n) is 10.4. The predicted octanol–water partition coefficient (Wildman–Crippen LogP) is -1.38. The Bertz CT molecular complexity index is 1500. The van der Waals surface area contributed by atoms with Crippen LogP contribution < -0.4 is 10.6 Å². The summed E-state index contributed by atoms with van der Waals surface area (Å²) >= 11 is 2.38. The third-order valence-electron chi connectivity index (χ3n) is 7.65. The number of aliphatic carboxylic acids is 1. The van der Waals surface area contributed by atoms with Gasteiger partial charge in [-0.05, 0) is 35.0 Å². The molecule has 1 aromatic heterocycles. The van der Waals surface area contributed by atoms with Gasteiger partial charge in [0.15, 0.2) is 0 Å². The van der Waals surface area contributed by atoms with Crippen LogP contribution in [0.1, 0.15) is 18.5 Å². The molecule has 2 aromatic rings. The molecular formula is C25H29N9O8S2. The first-order valence-electron chi connectivity index (χ1n) is 13.5. The number of urea groups is 1. The van der Waals surface area contributed by atoms with Gasteiger partial charge in [0.2, 0.25) is 17.0 Å². The van der Waals surface area contributed by atoms with Crippen molar-refractivity contribution in [3.8, 4) is 5.75 Å². The van der Waals surface area contributed by atoms with Crippen molar-refractivity contribution in [3.05, 3.63) is 29.8 Å². The molecule has 234 valence electrons. The second-order valence-corrected chi connectivity index (χ2v) is 12.5. The summed E-state index contributed by atoms with van der Waals surface area (Å²) in [6.45, 7) is 2.00. The zero-order valence-electron chi connectivity index (χ0n) is 23.6. The van der Waals surface area contributed by atoms with E-state index in [0.29, 0.717) is 11.7 Å². The van der Waals surface area contributed by atoms with Gasteiger partial charge in [-0.25, -0.2) is 9.48 Å². The molecule has 44 heavy (non-hydrogen) atoms. The number of hydrogen-bond acceptors (Lipinski definition) is 12. The number of carboxylic acids is 1. The molecule has 0 saturated carbocycles. The zero-order chi connectivity index (χ0) is 31.8. The lowest BCUT2D eigenvalue weighted by Crippen LogP contribution is -2.74. The van der Waals surface area contributed by atoms with Gasteiger partial charge in [-0.1, -0.05) is 23.9 Å². The third-order valence-corrected chi connectivity index (χ3v) is 10.5. The number of rotatable bonds is 9. The average Bonchev–Trinajstić information content (AvgIpc) is 3.43. The van der Waals surface area contributed by atoms with Crippen molar-refractivity contribution in [1.29, 1.82) is 0 Å². The number of likely N-dealkylation sites (N-methyl/N-ethyl adjacent to an activating group) is 1. The van der Waals surface area contributed by atoms with Gasteiger partial charge in [-0.15, -0.1) is 16.9 Å². The maximum absolute atomic E-state index is 13.6. The van der Waals surface area contributed by atoms with Crippen LogP contribution in [0.4, 0.5) is 4.79 Å². The maximum atomic E-state index is 13.6. The summed E-state index contributed by atoms with van der Waals surface area (Å²) in [7, 11) is 1.63. The van der Waals surface area contributed by atoms with E-state index in [-0.39, 0.29) is 42.5 Å². The van der Waals surface area contributed by atoms with Crippen LogP contribution in [0.15, 0.2) is 29.4 Å². The molecule has 4 N–H and O–H groups in total. The van der Waals surface area contributed by atoms with Crippen LogP contribution in [0.5, 0.6) is 5.75 Å². The Kier molecular flexibility index (Phi) is 8.69. The first kappa shape index (κ1) is 31.0. The van der Waals surface area contributed by atoms with Crippen LogP contribution in [-0.2, 0) is 31.0 Å². The molecule has 3 aliphatic rings. The molecule has 0 spiro atoms. The van der Waals surface area contributed by atoms with Crippen LogP contribution >= 0.6 is 23.5 Å². The fourth-order valence-electron chi connectivity index (χ4n) is 5.03. The van der Waals surface area contributed by atoms with Gasteiger partial charge in [0.25, 0.3) is 0 Å². The molecule has 19 heteroatoms. The van der Waals surface area contributed by atoms with E-state index >= 15 is 0 Å². The number of imide groups is 1. The zero-order valence-corrected chi connectivity index (χ0v) is 25.2. The Hall–Kier alpha value is -4.39. The Morgan fingerprint density at radius 3 is 2.52 bits per heavy atom. The van der Waals surface area contributed by atoms with Gasteiger partial charge in [-0.3, -0.25) is 28.9 Å². The number of carbonyl (C=O) groups excluding carboxylic acids is 5. The number of tetrazole rings is 1. The number of aryl methyl sites for hydroxylation is 1. The number of β-lactam (4-membered cyclic amide) rings is 1. The van der Waals surface area contributed by atoms with E-state index < -0.39 is 58.5 Å². The van der Waals surface area contributed by atoms with E-state index in [4.69, 9.17) is 0 Å². The molecule has 3 aliphatic heterocycles. The van der Waals surface area contributed by atoms with E-state index in [2.05, 4.69) is 26.2 Å². The summed E-state index contributed by atoms with van der Waals surface area (Å²) in [5, 5.41) is 36.0. The summed E-state index contributed by atoms with van der Waals surface area (Å²) in [5.74, 6) is -4.02. The van der Waals surface area contributed by atoms with Crippen molar-refractivity contribution in [3.63, 3.8) is 0 Å². The lowest BCUT2D eigenvalue weighted by Gasteiger charge is -2.53. The highest BCUT2D eigenvalue weighted by atomic mass is 32.2. The Morgan fingerprint density at radius 2 is 1.89 bits per heavy atom. The van der Waals surface area contributed by atoms with Gasteiger partial charge in [0.1, 0.15) is 28.6 Å². The van der Waals surface area contributed by atoms with Crippen molar-refractivity contribution < 1.29 is 39.0 Å². The van der Waals surface area contributed by atoms with Crippen LogP contribution in [0.3, 0.4) is 0 Å². The Morgan fingerprint density at radius 1 is 1.16 bits per heavy atom. The monoisotopic (exact) mass is 647 g/mol. The molecule has 17 nitrogen and oxygen atoms in total. The van der Waals surface area contributed by atoms with E-state index in [0.717, 1.165) is 16.7 Å². The highest BCUT2D eigenvalue weighted by Crippen LogP contribution is 2.44. The van der Waals surface area contributed by atoms with E-state index in [1.807, 2.05) is 0 Å². The van der Waals surface area contributed by atoms with Crippen molar-refractivity contribution in [2.45, 2.75) is 29.5 Å². The average molecular weight is 648 g/mol. The number of nitrogens with zero attached hydrogens (tertiary/aromatic N) is 7. The number of nitrogens with one attached hydrogen (secondary N) is 2. The van der Waals surface area contributed by atoms with Crippen LogP contribution in [0, 0.1) is 5.41 Å². The minimum atomic E-state index is -1.39. The minimum absolute atomic E-state index is 0.0697. The molecule has 3 unspecified atom stereocenters. The lowest BCUT2D eigenvalue weighted by molar-refractivity contribution is -0.157. The molecule has 6 amide bonds. The second kappa shape index (κ2) is 12.3. The normalized spacial score (nSPS) is 24.0. The number of aromatic nitrogens is 4. The fourth-order valence-corrected chi connectivity index (χ4v) is 7.74. The smallest absolute Gasteiger partial charge is 0.325 e. The first-order chi connectivity index (χ1) is 21.0. The molecule has 1 aromatic carbocycles. The number of fused-ring (bicyclic) bond motifs is 1. The maximum Gasteiger partial charge on any atom is 0.325 e. The van der Waals surface area contributed by atoms with Gasteiger partial charge in [0, 0.05) is 44.7 Å². The van der Waals surface area contributed by atoms with Gasteiger partial charge >= 0.3 is 23.8 Å². The lowest BCUT2D eigenvalue weighted by atomic mass is 9.89. The van der Waals surface area contributed by atoms with Crippen LogP contribution in [-0.4, -0.2) is 130 Å². The third kappa shape index (κ3) is 5.75. The molecule has 0 aliphatic carbocycles. The molecular weight excluding hydrogens is 618 g/mol. The predicted molar refractivity (Wildman–Crippen MR) is 153 cm³/mol. The van der Waals surface area contributed by atoms with Crippen molar-refractivity contribution >= 4 is 59.2 Å². The van der Waals surface area contributed by atoms with E-state index in [9.17, 15) is 39.0 Å². The number of aromatic hydroxyl groups is 1. The molecule has 0 radical (unpaired) electrons. The number of carbonyl (C=O) groups is 6. The van der Waals surface area contributed by atoms with E-state index in [1.54, 1.807) is 14.0 Å². The summed E-state index contributed by atoms with van der Waals surface area (Å²) in [4.78, 5) is 80.5. The topological polar surface area (TPSA) is 220 Å². The number of piperazine rings is 1. The highest BCUT2D eigenvalue weighted by molar-refractivity contribution is 8.00. The largest absolute Gasteiger partial charge is 0.508 e. The van der Waals surface area contributed by atoms with Gasteiger partial charge < -0.3 is 30.6 Å². The number of amides is 6. The number of phenolic OH excluding ortho intramolecular Hbond substituents is 1. The number of benzene rings is 1. The number of hydrogen-bond donors (Lipinski definition) is 4. The summed E-state index contributed by atoms with van der Waals surface area (Å²) < 4.78 is 1.42. The SMILES string of the molecule is CCN1CCN(C(=O)NC(C(=O)NC2C(=O)N3CC(CSc4nnnn4C)(C(=O)O)CS[C@H]23)c2ccc(O)cc2)C(=O)C1=O. The molecule has 0 bridgehead atoms. The minimum Gasteiger partial charge on any atom is -0.508 e. The van der Waals surface area contributed by atoms with Crippen LogP contribution in [0.25, 0.3) is 0 Å². The molecule has 4 atom stereocenters. The quantitative estimate of drug-likeness (QED) is 0.140. The number of carboxylic acid groups (broad SMARTS) is 1. The summed E-state index contributed by atoms with van der Waals surface area (Å²) in [6, 6.07) is 2.06. The van der Waals surface area contributed by atoms with Crippen molar-refractivity contribution in [2.24, 2.45) is 12.5 Å². The summed E-state index contributed by atoms with van der Waals surface area (Å²) in [5.41, 5.74) is -1.03. The van der Waals surface area contributed by atoms with Crippen LogP contribution in [0.2, 0.25) is 0 Å². The molecule has 3 fully saturated rings. The van der Waals surface area contributed by atoms with Crippen molar-refractivity contribution in [1.82, 2.24) is 45.5 Å². The van der Waals surface area contributed by atoms with Crippen molar-refractivity contribution in [2.75, 3.05) is 37.7 Å². The Balaban J connectivity index is 1.27. The molecule has 4 heterocycles. The highest BCUT2D eigenvalue weighted by Gasteiger charge is 2.57. The standard InChI is InChI=1S/C25H29N9O8S2/c1-3-32-8-9-33(20(39)19(32)38)23(42)27-15(13-4-6-14(35)7-5-13)17(36)26-16-18(37)34-10-25(22(40)41,11-43-21(16)34)12-44-24-28-29-30-31(24)2/h4-7,15-16,21,35H,3,8-12H2,1-2H3,(H,26,36)(H,27,42)(H,40,41)/t15?,16?,21-,25?/m1/s1. The van der Waals surface area contributed by atoms with Gasteiger partial charge in [0.05, 0.1) is 0 Å². The number of thioether (sulfide) groups is 2. The van der Waals surface area contributed by atoms with Gasteiger partial charge in [-0.2, -0.15) is 0 Å².